The van der Waals surface area contributed by atoms with Crippen molar-refractivity contribution in [2.75, 3.05) is 20.6 Å². The molecule has 2 aromatic rings. The summed E-state index contributed by atoms with van der Waals surface area (Å²) >= 11 is 0. The van der Waals surface area contributed by atoms with E-state index in [9.17, 15) is 0 Å². The summed E-state index contributed by atoms with van der Waals surface area (Å²) in [5, 5.41) is 11.4. The van der Waals surface area contributed by atoms with Crippen LogP contribution < -0.4 is 5.32 Å². The van der Waals surface area contributed by atoms with Crippen LogP contribution in [-0.2, 0) is 19.5 Å². The Balaban J connectivity index is 1.84. The minimum Gasteiger partial charge on any atom is -0.354 e. The Kier molecular flexibility index (Phi) is 5.94. The van der Waals surface area contributed by atoms with Crippen molar-refractivity contribution < 1.29 is 0 Å². The molecule has 118 valence electrons. The molecule has 0 aliphatic heterocycles. The van der Waals surface area contributed by atoms with Crippen LogP contribution in [-0.4, -0.2) is 46.3 Å². The molecule has 0 amide bonds. The summed E-state index contributed by atoms with van der Waals surface area (Å²) in [6.45, 7) is 4.53. The third-order valence-electron chi connectivity index (χ3n) is 3.48. The van der Waals surface area contributed by atoms with Gasteiger partial charge in [-0.15, -0.1) is 10.2 Å². The molecule has 6 nitrogen and oxygen atoms in total. The molecule has 0 bridgehead atoms. The second kappa shape index (κ2) is 8.17. The third-order valence-corrected chi connectivity index (χ3v) is 3.48. The van der Waals surface area contributed by atoms with E-state index < -0.39 is 0 Å². The van der Waals surface area contributed by atoms with Gasteiger partial charge in [0, 0.05) is 40.2 Å². The van der Waals surface area contributed by atoms with E-state index in [-0.39, 0.29) is 0 Å². The lowest BCUT2D eigenvalue weighted by atomic mass is 10.2. The van der Waals surface area contributed by atoms with Gasteiger partial charge in [-0.05, 0) is 5.56 Å². The van der Waals surface area contributed by atoms with Crippen LogP contribution in [0.15, 0.2) is 41.7 Å². The van der Waals surface area contributed by atoms with E-state index in [2.05, 4.69) is 61.2 Å². The molecule has 1 N–H and O–H groups in total. The van der Waals surface area contributed by atoms with Gasteiger partial charge in [0.15, 0.2) is 5.96 Å². The Morgan fingerprint density at radius 3 is 2.77 bits per heavy atom. The number of aromatic nitrogens is 3. The Bertz CT molecular complexity index is 590. The first-order chi connectivity index (χ1) is 10.7. The fourth-order valence-corrected chi connectivity index (χ4v) is 2.34. The van der Waals surface area contributed by atoms with E-state index in [0.29, 0.717) is 0 Å². The highest BCUT2D eigenvalue weighted by molar-refractivity contribution is 5.79. The summed E-state index contributed by atoms with van der Waals surface area (Å²) in [4.78, 5) is 6.45. The summed E-state index contributed by atoms with van der Waals surface area (Å²) in [7, 11) is 3.85. The Hall–Kier alpha value is -2.37. The molecule has 0 aliphatic rings. The van der Waals surface area contributed by atoms with Crippen molar-refractivity contribution in [1.82, 2.24) is 25.0 Å². The first kappa shape index (κ1) is 16.0. The minimum absolute atomic E-state index is 0.789. The summed E-state index contributed by atoms with van der Waals surface area (Å²) in [6.07, 6.45) is 2.67. The summed E-state index contributed by atoms with van der Waals surface area (Å²) < 4.78 is 2.07. The third kappa shape index (κ3) is 4.31. The van der Waals surface area contributed by atoms with Gasteiger partial charge in [-0.3, -0.25) is 4.99 Å². The molecule has 1 heterocycles. The van der Waals surface area contributed by atoms with E-state index in [1.807, 2.05) is 13.1 Å². The van der Waals surface area contributed by atoms with Gasteiger partial charge in [-0.1, -0.05) is 37.3 Å². The molecule has 2 rings (SSSR count). The molecule has 0 saturated carbocycles. The Morgan fingerprint density at radius 1 is 1.32 bits per heavy atom. The van der Waals surface area contributed by atoms with Gasteiger partial charge in [0.1, 0.15) is 12.2 Å². The lowest BCUT2D eigenvalue weighted by Crippen LogP contribution is -2.39. The SMILES string of the molecule is CCc1nncn1CCNC(=NC)N(C)Cc1ccccc1. The van der Waals surface area contributed by atoms with Crippen LogP contribution in [0.25, 0.3) is 0 Å². The lowest BCUT2D eigenvalue weighted by molar-refractivity contribution is 0.472. The second-order valence-electron chi connectivity index (χ2n) is 5.11. The maximum Gasteiger partial charge on any atom is 0.193 e. The standard InChI is InChI=1S/C16H24N6/c1-4-15-20-19-13-22(15)11-10-18-16(17-2)21(3)12-14-8-6-5-7-9-14/h5-9,13H,4,10-12H2,1-3H3,(H,17,18). The minimum atomic E-state index is 0.789. The highest BCUT2D eigenvalue weighted by Crippen LogP contribution is 2.02. The fourth-order valence-electron chi connectivity index (χ4n) is 2.34. The molecule has 0 spiro atoms. The predicted octanol–water partition coefficient (Wildman–Crippen LogP) is 1.55. The van der Waals surface area contributed by atoms with Crippen LogP contribution >= 0.6 is 0 Å². The average Bonchev–Trinajstić information content (AvgIpc) is 3.00. The number of rotatable bonds is 6. The molecule has 22 heavy (non-hydrogen) atoms. The lowest BCUT2D eigenvalue weighted by Gasteiger charge is -2.22. The summed E-state index contributed by atoms with van der Waals surface area (Å²) in [5.41, 5.74) is 1.26. The van der Waals surface area contributed by atoms with Crippen LogP contribution in [0.1, 0.15) is 18.3 Å². The number of nitrogens with zero attached hydrogens (tertiary/aromatic N) is 5. The van der Waals surface area contributed by atoms with E-state index >= 15 is 0 Å². The van der Waals surface area contributed by atoms with Gasteiger partial charge in [0.05, 0.1) is 0 Å². The Morgan fingerprint density at radius 2 is 2.09 bits per heavy atom. The smallest absolute Gasteiger partial charge is 0.193 e. The van der Waals surface area contributed by atoms with E-state index in [0.717, 1.165) is 37.8 Å². The van der Waals surface area contributed by atoms with E-state index in [4.69, 9.17) is 0 Å². The number of aliphatic imine (C=N–C) groups is 1. The molecule has 0 aliphatic carbocycles. The second-order valence-corrected chi connectivity index (χ2v) is 5.11. The monoisotopic (exact) mass is 300 g/mol. The van der Waals surface area contributed by atoms with Crippen LogP contribution in [0.4, 0.5) is 0 Å². The zero-order chi connectivity index (χ0) is 15.8. The quantitative estimate of drug-likeness (QED) is 0.649. The van der Waals surface area contributed by atoms with Crippen molar-refractivity contribution in [1.29, 1.82) is 0 Å². The molecule has 0 saturated heterocycles. The van der Waals surface area contributed by atoms with Gasteiger partial charge < -0.3 is 14.8 Å². The molecule has 0 fully saturated rings. The molecular weight excluding hydrogens is 276 g/mol. The number of aryl methyl sites for hydroxylation is 1. The van der Waals surface area contributed by atoms with Crippen LogP contribution in [0.5, 0.6) is 0 Å². The van der Waals surface area contributed by atoms with Crippen molar-refractivity contribution in [2.45, 2.75) is 26.4 Å². The zero-order valence-electron chi connectivity index (χ0n) is 13.5. The van der Waals surface area contributed by atoms with Gasteiger partial charge in [-0.25, -0.2) is 0 Å². The summed E-state index contributed by atoms with van der Waals surface area (Å²) in [5.74, 6) is 1.89. The predicted molar refractivity (Wildman–Crippen MR) is 88.7 cm³/mol. The fraction of sp³-hybridized carbons (Fsp3) is 0.438. The topological polar surface area (TPSA) is 58.3 Å². The zero-order valence-corrected chi connectivity index (χ0v) is 13.5. The maximum atomic E-state index is 4.34. The van der Waals surface area contributed by atoms with Crippen molar-refractivity contribution in [3.05, 3.63) is 48.0 Å². The highest BCUT2D eigenvalue weighted by atomic mass is 15.3. The maximum absolute atomic E-state index is 4.34. The highest BCUT2D eigenvalue weighted by Gasteiger charge is 2.07. The number of guanidine groups is 1. The first-order valence-electron chi connectivity index (χ1n) is 7.57. The van der Waals surface area contributed by atoms with Crippen molar-refractivity contribution in [3.63, 3.8) is 0 Å². The molecule has 6 heteroatoms. The first-order valence-corrected chi connectivity index (χ1v) is 7.57. The van der Waals surface area contributed by atoms with Crippen molar-refractivity contribution in [2.24, 2.45) is 4.99 Å². The van der Waals surface area contributed by atoms with Crippen molar-refractivity contribution >= 4 is 5.96 Å². The number of hydrogen-bond donors (Lipinski definition) is 1. The van der Waals surface area contributed by atoms with Gasteiger partial charge >= 0.3 is 0 Å². The van der Waals surface area contributed by atoms with Crippen LogP contribution in [0, 0.1) is 0 Å². The van der Waals surface area contributed by atoms with Crippen LogP contribution in [0.2, 0.25) is 0 Å². The molecule has 0 atom stereocenters. The van der Waals surface area contributed by atoms with Crippen LogP contribution in [0.3, 0.4) is 0 Å². The largest absolute Gasteiger partial charge is 0.354 e. The van der Waals surface area contributed by atoms with Gasteiger partial charge in [-0.2, -0.15) is 0 Å². The average molecular weight is 300 g/mol. The molecular formula is C16H24N6. The van der Waals surface area contributed by atoms with Gasteiger partial charge in [0.2, 0.25) is 0 Å². The molecule has 0 radical (unpaired) electrons. The molecule has 0 unspecified atom stereocenters. The number of hydrogen-bond acceptors (Lipinski definition) is 3. The van der Waals surface area contributed by atoms with Crippen molar-refractivity contribution in [3.8, 4) is 0 Å². The number of benzene rings is 1. The van der Waals surface area contributed by atoms with Gasteiger partial charge in [0.25, 0.3) is 0 Å². The molecule has 1 aromatic heterocycles. The van der Waals surface area contributed by atoms with E-state index in [1.165, 1.54) is 5.56 Å². The molecule has 1 aromatic carbocycles. The normalized spacial score (nSPS) is 11.5. The summed E-state index contributed by atoms with van der Waals surface area (Å²) in [6, 6.07) is 10.4. The number of nitrogens with one attached hydrogen (secondary N) is 1. The van der Waals surface area contributed by atoms with E-state index in [1.54, 1.807) is 13.4 Å². The Labute approximate surface area is 131 Å².